The molecule has 8 heteroatoms. The number of benzene rings is 3. The molecule has 0 atom stereocenters. The number of aromatic nitrogens is 4. The van der Waals surface area contributed by atoms with Gasteiger partial charge in [-0.05, 0) is 67.1 Å². The Morgan fingerprint density at radius 3 is 2.35 bits per heavy atom. The smallest absolute Gasteiger partial charge is 0.439 e. The van der Waals surface area contributed by atoms with Crippen LogP contribution in [0, 0.1) is 6.92 Å². The Kier molecular flexibility index (Phi) is 6.90. The molecule has 0 spiro atoms. The first-order valence-corrected chi connectivity index (χ1v) is 13.6. The number of H-pyrrole nitrogens is 1. The van der Waals surface area contributed by atoms with Crippen molar-refractivity contribution in [2.45, 2.75) is 52.1 Å². The lowest BCUT2D eigenvalue weighted by atomic mass is 9.96. The fourth-order valence-electron chi connectivity index (χ4n) is 4.99. The van der Waals surface area contributed by atoms with Crippen LogP contribution in [-0.2, 0) is 12.8 Å². The Bertz CT molecular complexity index is 1760. The molecule has 0 bridgehead atoms. The van der Waals surface area contributed by atoms with Gasteiger partial charge in [-0.2, -0.15) is 0 Å². The molecule has 5 aromatic rings. The van der Waals surface area contributed by atoms with Crippen molar-refractivity contribution in [3.63, 3.8) is 0 Å². The number of aryl methyl sites for hydroxylation is 2. The maximum atomic E-state index is 13.9. The molecule has 1 saturated carbocycles. The molecule has 6 rings (SSSR count). The third-order valence-electron chi connectivity index (χ3n) is 7.11. The van der Waals surface area contributed by atoms with Crippen LogP contribution < -0.4 is 16.1 Å². The van der Waals surface area contributed by atoms with Crippen LogP contribution in [0.4, 0.5) is 0 Å². The first-order valence-electron chi connectivity index (χ1n) is 13.6. The average Bonchev–Trinajstić information content (AvgIpc) is 3.68. The molecule has 0 radical (unpaired) electrons. The number of hydrogen-bond acceptors (Lipinski definition) is 6. The molecule has 3 aromatic carbocycles. The van der Waals surface area contributed by atoms with E-state index in [1.54, 1.807) is 4.57 Å². The highest BCUT2D eigenvalue weighted by atomic mass is 16.5. The summed E-state index contributed by atoms with van der Waals surface area (Å²) >= 11 is 0. The van der Waals surface area contributed by atoms with Crippen LogP contribution in [0.1, 0.15) is 48.8 Å². The van der Waals surface area contributed by atoms with E-state index in [1.807, 2.05) is 79.7 Å². The highest BCUT2D eigenvalue weighted by molar-refractivity contribution is 5.80. The maximum Gasteiger partial charge on any atom is 0.439 e. The molecular weight excluding hydrogens is 504 g/mol. The van der Waals surface area contributed by atoms with E-state index >= 15 is 0 Å². The maximum absolute atomic E-state index is 13.9. The lowest BCUT2D eigenvalue weighted by Gasteiger charge is -2.16. The highest BCUT2D eigenvalue weighted by Gasteiger charge is 2.23. The lowest BCUT2D eigenvalue weighted by Crippen LogP contribution is -2.28. The van der Waals surface area contributed by atoms with Crippen molar-refractivity contribution in [2.24, 2.45) is 0 Å². The van der Waals surface area contributed by atoms with E-state index in [0.717, 1.165) is 65.1 Å². The van der Waals surface area contributed by atoms with Crippen molar-refractivity contribution in [1.82, 2.24) is 19.7 Å². The Labute approximate surface area is 231 Å². The summed E-state index contributed by atoms with van der Waals surface area (Å²) in [6.07, 6.45) is 4.63. The van der Waals surface area contributed by atoms with Crippen molar-refractivity contribution < 1.29 is 9.26 Å². The van der Waals surface area contributed by atoms with E-state index in [9.17, 15) is 9.59 Å². The Morgan fingerprint density at radius 2 is 1.70 bits per heavy atom. The molecular formula is C32H30N4O4. The minimum Gasteiger partial charge on any atom is -0.490 e. The van der Waals surface area contributed by atoms with Crippen LogP contribution in [0.25, 0.3) is 28.2 Å². The van der Waals surface area contributed by atoms with Gasteiger partial charge in [0.1, 0.15) is 11.6 Å². The molecule has 202 valence electrons. The van der Waals surface area contributed by atoms with Crippen LogP contribution in [0.2, 0.25) is 0 Å². The van der Waals surface area contributed by atoms with Gasteiger partial charge in [0.2, 0.25) is 0 Å². The first kappa shape index (κ1) is 25.6. The Morgan fingerprint density at radius 1 is 0.975 bits per heavy atom. The van der Waals surface area contributed by atoms with E-state index in [0.29, 0.717) is 29.7 Å². The number of nitrogens with one attached hydrogen (secondary N) is 1. The van der Waals surface area contributed by atoms with Crippen LogP contribution in [0.15, 0.2) is 86.9 Å². The van der Waals surface area contributed by atoms with Gasteiger partial charge in [0.05, 0.1) is 17.5 Å². The second-order valence-electron chi connectivity index (χ2n) is 10.1. The van der Waals surface area contributed by atoms with Crippen LogP contribution >= 0.6 is 0 Å². The molecule has 8 nitrogen and oxygen atoms in total. The molecule has 0 amide bonds. The summed E-state index contributed by atoms with van der Waals surface area (Å²) in [4.78, 5) is 32.9. The lowest BCUT2D eigenvalue weighted by molar-refractivity contribution is 0.303. The highest BCUT2D eigenvalue weighted by Crippen LogP contribution is 2.30. The monoisotopic (exact) mass is 534 g/mol. The Balaban J connectivity index is 1.32. The molecule has 2 aromatic heterocycles. The number of hydrogen-bond donors (Lipinski definition) is 1. The number of rotatable bonds is 9. The average molecular weight is 535 g/mol. The van der Waals surface area contributed by atoms with Crippen molar-refractivity contribution in [1.29, 1.82) is 0 Å². The zero-order chi connectivity index (χ0) is 27.6. The fraction of sp³-hybridized carbons (Fsp3) is 0.250. The summed E-state index contributed by atoms with van der Waals surface area (Å²) in [6.45, 7) is 3.98. The molecule has 1 aliphatic carbocycles. The minimum absolute atomic E-state index is 0.0452. The molecule has 40 heavy (non-hydrogen) atoms. The summed E-state index contributed by atoms with van der Waals surface area (Å²) in [5.41, 5.74) is 5.94. The van der Waals surface area contributed by atoms with E-state index in [2.05, 4.69) is 17.1 Å². The normalized spacial score (nSPS) is 12.9. The third-order valence-corrected chi connectivity index (χ3v) is 7.11. The molecule has 0 saturated heterocycles. The zero-order valence-electron chi connectivity index (χ0n) is 22.5. The Hall–Kier alpha value is -4.72. The van der Waals surface area contributed by atoms with Crippen molar-refractivity contribution in [2.75, 3.05) is 0 Å². The van der Waals surface area contributed by atoms with Crippen molar-refractivity contribution in [3.05, 3.63) is 116 Å². The predicted molar refractivity (Wildman–Crippen MR) is 153 cm³/mol. The van der Waals surface area contributed by atoms with Gasteiger partial charge in [-0.1, -0.05) is 67.0 Å². The van der Waals surface area contributed by atoms with Gasteiger partial charge in [-0.25, -0.2) is 9.78 Å². The summed E-state index contributed by atoms with van der Waals surface area (Å²) in [5.74, 6) is 1.28. The summed E-state index contributed by atoms with van der Waals surface area (Å²) < 4.78 is 12.3. The van der Waals surface area contributed by atoms with E-state index in [4.69, 9.17) is 14.2 Å². The number of ether oxygens (including phenoxy) is 1. The van der Waals surface area contributed by atoms with Crippen molar-refractivity contribution >= 4 is 0 Å². The minimum atomic E-state index is -0.595. The van der Waals surface area contributed by atoms with E-state index in [1.165, 1.54) is 0 Å². The van der Waals surface area contributed by atoms with Gasteiger partial charge in [-0.3, -0.25) is 18.9 Å². The summed E-state index contributed by atoms with van der Waals surface area (Å²) in [6, 6.07) is 23.5. The predicted octanol–water partition coefficient (Wildman–Crippen LogP) is 5.64. The molecule has 0 unspecified atom stereocenters. The zero-order valence-corrected chi connectivity index (χ0v) is 22.5. The van der Waals surface area contributed by atoms with E-state index < -0.39 is 5.76 Å². The molecule has 1 aliphatic rings. The standard InChI is InChI=1S/C32H30N4O4/c1-3-6-29-28(31(37)36(20(2)33-29)23-13-15-24(16-14-23)39-25-17-18-25)19-21-9-11-22(12-10-21)26-7-4-5-8-27(26)30-34-32(38)40-35-30/h4-5,7-16,25H,3,6,17-19H2,1-2H3,(H,34,35,38). The van der Waals surface area contributed by atoms with Crippen molar-refractivity contribution in [3.8, 4) is 34.0 Å². The molecule has 0 aliphatic heterocycles. The molecule has 1 N–H and O–H groups in total. The first-order chi connectivity index (χ1) is 19.5. The van der Waals surface area contributed by atoms with Crippen LogP contribution in [0.5, 0.6) is 5.75 Å². The van der Waals surface area contributed by atoms with Crippen LogP contribution in [-0.4, -0.2) is 25.8 Å². The van der Waals surface area contributed by atoms with Crippen LogP contribution in [0.3, 0.4) is 0 Å². The third kappa shape index (κ3) is 5.25. The van der Waals surface area contributed by atoms with Gasteiger partial charge in [0.25, 0.3) is 5.56 Å². The second-order valence-corrected chi connectivity index (χ2v) is 10.1. The van der Waals surface area contributed by atoms with Gasteiger partial charge in [-0.15, -0.1) is 0 Å². The summed E-state index contributed by atoms with van der Waals surface area (Å²) in [7, 11) is 0. The number of nitrogens with zero attached hydrogens (tertiary/aromatic N) is 3. The van der Waals surface area contributed by atoms with Gasteiger partial charge in [0, 0.05) is 17.5 Å². The molecule has 2 heterocycles. The second kappa shape index (κ2) is 10.8. The number of aromatic amines is 1. The van der Waals surface area contributed by atoms with Gasteiger partial charge in [0.15, 0.2) is 5.82 Å². The quantitative estimate of drug-likeness (QED) is 0.263. The van der Waals surface area contributed by atoms with Gasteiger partial charge >= 0.3 is 5.76 Å². The van der Waals surface area contributed by atoms with E-state index in [-0.39, 0.29) is 5.56 Å². The SMILES string of the molecule is CCCc1nc(C)n(-c2ccc(OC3CC3)cc2)c(=O)c1Cc1ccc(-c2ccccc2-c2noc(=O)[nH]2)cc1. The molecule has 1 fully saturated rings. The fourth-order valence-corrected chi connectivity index (χ4v) is 4.99. The largest absolute Gasteiger partial charge is 0.490 e. The topological polar surface area (TPSA) is 103 Å². The van der Waals surface area contributed by atoms with Gasteiger partial charge < -0.3 is 4.74 Å². The summed E-state index contributed by atoms with van der Waals surface area (Å²) in [5, 5.41) is 3.85.